The highest BCUT2D eigenvalue weighted by atomic mass is 16.5. The third-order valence-corrected chi connectivity index (χ3v) is 5.23. The van der Waals surface area contributed by atoms with Crippen LogP contribution in [0.5, 0.6) is 11.5 Å². The summed E-state index contributed by atoms with van der Waals surface area (Å²) in [6.07, 6.45) is 4.86. The first-order valence-corrected chi connectivity index (χ1v) is 9.84. The highest BCUT2D eigenvalue weighted by Crippen LogP contribution is 2.28. The summed E-state index contributed by atoms with van der Waals surface area (Å²) in [6, 6.07) is 14.0. The lowest BCUT2D eigenvalue weighted by atomic mass is 9.89. The van der Waals surface area contributed by atoms with Crippen molar-refractivity contribution in [3.63, 3.8) is 0 Å². The smallest absolute Gasteiger partial charge is 0.261 e. The zero-order chi connectivity index (χ0) is 19.2. The summed E-state index contributed by atoms with van der Waals surface area (Å²) in [5, 5.41) is 3.11. The molecule has 1 aliphatic rings. The molecule has 3 rings (SSSR count). The van der Waals surface area contributed by atoms with Crippen molar-refractivity contribution < 1.29 is 14.3 Å². The first kappa shape index (κ1) is 19.3. The largest absolute Gasteiger partial charge is 0.493 e. The second kappa shape index (κ2) is 8.94. The van der Waals surface area contributed by atoms with E-state index in [0.717, 1.165) is 12.0 Å². The first-order valence-electron chi connectivity index (χ1n) is 9.84. The van der Waals surface area contributed by atoms with Crippen molar-refractivity contribution in [1.82, 2.24) is 5.32 Å². The fourth-order valence-corrected chi connectivity index (χ4v) is 3.60. The lowest BCUT2D eigenvalue weighted by Gasteiger charge is -2.23. The van der Waals surface area contributed by atoms with Gasteiger partial charge < -0.3 is 14.8 Å². The summed E-state index contributed by atoms with van der Waals surface area (Å²) in [5.74, 6) is 1.11. The summed E-state index contributed by atoms with van der Waals surface area (Å²) < 4.78 is 11.3. The molecule has 0 radical (unpaired) electrons. The second-order valence-corrected chi connectivity index (χ2v) is 7.13. The number of para-hydroxylation sites is 2. The summed E-state index contributed by atoms with van der Waals surface area (Å²) >= 11 is 0. The van der Waals surface area contributed by atoms with Crippen LogP contribution < -0.4 is 14.8 Å². The third kappa shape index (κ3) is 4.62. The van der Waals surface area contributed by atoms with Gasteiger partial charge in [-0.3, -0.25) is 4.79 Å². The molecule has 0 saturated carbocycles. The molecule has 2 atom stereocenters. The number of ether oxygens (including phenoxy) is 2. The molecule has 2 aromatic carbocycles. The van der Waals surface area contributed by atoms with Crippen molar-refractivity contribution in [3.05, 3.63) is 59.2 Å². The maximum atomic E-state index is 12.8. The molecule has 0 spiro atoms. The van der Waals surface area contributed by atoms with Crippen LogP contribution in [-0.2, 0) is 17.6 Å². The SMILES string of the molecule is CCC(Oc1ccccc1OC)C(=O)NC(C)c1ccc2c(c1)CCCC2. The lowest BCUT2D eigenvalue weighted by Crippen LogP contribution is -2.39. The number of amides is 1. The Labute approximate surface area is 161 Å². The number of carbonyl (C=O) groups is 1. The zero-order valence-corrected chi connectivity index (χ0v) is 16.5. The molecule has 4 heteroatoms. The van der Waals surface area contributed by atoms with Crippen LogP contribution in [0.4, 0.5) is 0 Å². The maximum absolute atomic E-state index is 12.8. The van der Waals surface area contributed by atoms with Crippen LogP contribution in [0.3, 0.4) is 0 Å². The summed E-state index contributed by atoms with van der Waals surface area (Å²) in [7, 11) is 1.60. The van der Waals surface area contributed by atoms with Crippen LogP contribution in [0.15, 0.2) is 42.5 Å². The Bertz CT molecular complexity index is 787. The number of benzene rings is 2. The first-order chi connectivity index (χ1) is 13.1. The standard InChI is InChI=1S/C23H29NO3/c1-4-20(27-22-12-8-7-11-21(22)26-3)23(25)24-16(2)18-14-13-17-9-5-6-10-19(17)15-18/h7-8,11-16,20H,4-6,9-10H2,1-3H3,(H,24,25). The van der Waals surface area contributed by atoms with Gasteiger partial charge in [-0.15, -0.1) is 0 Å². The minimum Gasteiger partial charge on any atom is -0.493 e. The number of methoxy groups -OCH3 is 1. The van der Waals surface area contributed by atoms with E-state index < -0.39 is 6.10 Å². The van der Waals surface area contributed by atoms with Gasteiger partial charge in [-0.25, -0.2) is 0 Å². The van der Waals surface area contributed by atoms with E-state index in [1.165, 1.54) is 30.4 Å². The molecule has 0 saturated heterocycles. The molecule has 27 heavy (non-hydrogen) atoms. The van der Waals surface area contributed by atoms with Gasteiger partial charge >= 0.3 is 0 Å². The predicted octanol–water partition coefficient (Wildman–Crippen LogP) is 4.61. The number of hydrogen-bond donors (Lipinski definition) is 1. The Morgan fingerprint density at radius 3 is 2.48 bits per heavy atom. The fourth-order valence-electron chi connectivity index (χ4n) is 3.60. The van der Waals surface area contributed by atoms with Crippen LogP contribution in [0, 0.1) is 0 Å². The average Bonchev–Trinajstić information content (AvgIpc) is 2.71. The highest BCUT2D eigenvalue weighted by molar-refractivity contribution is 5.81. The number of carbonyl (C=O) groups excluding carboxylic acids is 1. The molecule has 1 amide bonds. The van der Waals surface area contributed by atoms with E-state index in [4.69, 9.17) is 9.47 Å². The van der Waals surface area contributed by atoms with E-state index in [1.807, 2.05) is 38.1 Å². The molecule has 2 aromatic rings. The number of hydrogen-bond acceptors (Lipinski definition) is 3. The van der Waals surface area contributed by atoms with Gasteiger partial charge in [0, 0.05) is 0 Å². The molecule has 0 fully saturated rings. The van der Waals surface area contributed by atoms with Crippen molar-refractivity contribution in [2.75, 3.05) is 7.11 Å². The highest BCUT2D eigenvalue weighted by Gasteiger charge is 2.22. The molecule has 0 aromatic heterocycles. The average molecular weight is 367 g/mol. The maximum Gasteiger partial charge on any atom is 0.261 e. The van der Waals surface area contributed by atoms with E-state index >= 15 is 0 Å². The van der Waals surface area contributed by atoms with E-state index in [2.05, 4.69) is 23.5 Å². The molecule has 0 aliphatic heterocycles. The summed E-state index contributed by atoms with van der Waals surface area (Å²) in [6.45, 7) is 3.97. The van der Waals surface area contributed by atoms with Gasteiger partial charge in [0.1, 0.15) is 0 Å². The quantitative estimate of drug-likeness (QED) is 0.777. The molecule has 0 bridgehead atoms. The zero-order valence-electron chi connectivity index (χ0n) is 16.5. The number of aryl methyl sites for hydroxylation is 2. The Kier molecular flexibility index (Phi) is 6.38. The minimum atomic E-state index is -0.554. The normalized spacial score (nSPS) is 15.4. The minimum absolute atomic E-state index is 0.0555. The van der Waals surface area contributed by atoms with Gasteiger partial charge in [-0.05, 0) is 67.9 Å². The van der Waals surface area contributed by atoms with Crippen LogP contribution >= 0.6 is 0 Å². The monoisotopic (exact) mass is 367 g/mol. The van der Waals surface area contributed by atoms with Gasteiger partial charge in [-0.2, -0.15) is 0 Å². The van der Waals surface area contributed by atoms with Gasteiger partial charge in [-0.1, -0.05) is 37.3 Å². The Morgan fingerprint density at radius 2 is 1.78 bits per heavy atom. The van der Waals surface area contributed by atoms with Crippen molar-refractivity contribution in [2.24, 2.45) is 0 Å². The van der Waals surface area contributed by atoms with Gasteiger partial charge in [0.2, 0.25) is 0 Å². The van der Waals surface area contributed by atoms with Crippen LogP contribution in [-0.4, -0.2) is 19.1 Å². The molecular weight excluding hydrogens is 338 g/mol. The number of rotatable bonds is 7. The number of nitrogens with one attached hydrogen (secondary N) is 1. The third-order valence-electron chi connectivity index (χ3n) is 5.23. The van der Waals surface area contributed by atoms with Crippen LogP contribution in [0.2, 0.25) is 0 Å². The molecular formula is C23H29NO3. The van der Waals surface area contributed by atoms with Crippen molar-refractivity contribution >= 4 is 5.91 Å². The topological polar surface area (TPSA) is 47.6 Å². The molecule has 4 nitrogen and oxygen atoms in total. The van der Waals surface area contributed by atoms with E-state index in [1.54, 1.807) is 7.11 Å². The predicted molar refractivity (Wildman–Crippen MR) is 107 cm³/mol. The van der Waals surface area contributed by atoms with Crippen molar-refractivity contribution in [3.8, 4) is 11.5 Å². The van der Waals surface area contributed by atoms with Gasteiger partial charge in [0.05, 0.1) is 13.2 Å². The number of fused-ring (bicyclic) bond motifs is 1. The van der Waals surface area contributed by atoms with Crippen molar-refractivity contribution in [2.45, 2.75) is 58.1 Å². The van der Waals surface area contributed by atoms with E-state index in [-0.39, 0.29) is 11.9 Å². The Balaban J connectivity index is 1.67. The lowest BCUT2D eigenvalue weighted by molar-refractivity contribution is -0.128. The fraction of sp³-hybridized carbons (Fsp3) is 0.435. The molecule has 2 unspecified atom stereocenters. The molecule has 1 aliphatic carbocycles. The summed E-state index contributed by atoms with van der Waals surface area (Å²) in [4.78, 5) is 12.8. The van der Waals surface area contributed by atoms with E-state index in [9.17, 15) is 4.79 Å². The molecule has 144 valence electrons. The van der Waals surface area contributed by atoms with Crippen LogP contribution in [0.1, 0.15) is 55.8 Å². The van der Waals surface area contributed by atoms with Gasteiger partial charge in [0.25, 0.3) is 5.91 Å². The Hall–Kier alpha value is -2.49. The molecule has 1 N–H and O–H groups in total. The van der Waals surface area contributed by atoms with E-state index in [0.29, 0.717) is 17.9 Å². The van der Waals surface area contributed by atoms with Gasteiger partial charge in [0.15, 0.2) is 17.6 Å². The van der Waals surface area contributed by atoms with Crippen LogP contribution in [0.25, 0.3) is 0 Å². The second-order valence-electron chi connectivity index (χ2n) is 7.13. The summed E-state index contributed by atoms with van der Waals surface area (Å²) in [5.41, 5.74) is 4.03. The van der Waals surface area contributed by atoms with Crippen molar-refractivity contribution in [1.29, 1.82) is 0 Å². The molecule has 0 heterocycles. The Morgan fingerprint density at radius 1 is 1.07 bits per heavy atom.